The molecule has 2 aliphatic rings. The van der Waals surface area contributed by atoms with E-state index in [1.165, 1.54) is 6.42 Å². The van der Waals surface area contributed by atoms with Crippen molar-refractivity contribution in [1.82, 2.24) is 0 Å². The highest BCUT2D eigenvalue weighted by Crippen LogP contribution is 2.45. The second-order valence-corrected chi connectivity index (χ2v) is 6.48. The van der Waals surface area contributed by atoms with Gasteiger partial charge in [-0.25, -0.2) is 0 Å². The molecule has 86 valence electrons. The minimum atomic E-state index is -3.30. The summed E-state index contributed by atoms with van der Waals surface area (Å²) in [6.45, 7) is 3.50. The third kappa shape index (κ3) is 2.26. The van der Waals surface area contributed by atoms with Gasteiger partial charge in [0.1, 0.15) is 0 Å². The summed E-state index contributed by atoms with van der Waals surface area (Å²) < 4.78 is 27.8. The smallest absolute Gasteiger partial charge is 0.267 e. The van der Waals surface area contributed by atoms with Crippen molar-refractivity contribution in [2.45, 2.75) is 32.8 Å². The number of rotatable bonds is 4. The van der Waals surface area contributed by atoms with Crippen LogP contribution in [0.3, 0.4) is 0 Å². The normalized spacial score (nSPS) is 36.0. The summed E-state index contributed by atoms with van der Waals surface area (Å²) in [5.74, 6) is 1.65. The van der Waals surface area contributed by atoms with Gasteiger partial charge in [0.2, 0.25) is 0 Å². The summed E-state index contributed by atoms with van der Waals surface area (Å²) in [7, 11) is -3.30. The van der Waals surface area contributed by atoms with Crippen LogP contribution in [0, 0.1) is 17.8 Å². The van der Waals surface area contributed by atoms with Crippen LogP contribution < -0.4 is 0 Å². The van der Waals surface area contributed by atoms with E-state index in [1.807, 2.05) is 6.92 Å². The van der Waals surface area contributed by atoms with Crippen molar-refractivity contribution in [1.29, 1.82) is 0 Å². The third-order valence-electron chi connectivity index (χ3n) is 3.59. The Morgan fingerprint density at radius 2 is 2.13 bits per heavy atom. The molecule has 2 rings (SSSR count). The van der Waals surface area contributed by atoms with E-state index in [-0.39, 0.29) is 11.9 Å². The Hall–Kier alpha value is -0.350. The fourth-order valence-corrected chi connectivity index (χ4v) is 3.47. The minimum absolute atomic E-state index is 0.0635. The zero-order valence-electron chi connectivity index (χ0n) is 9.22. The lowest BCUT2D eigenvalue weighted by Crippen LogP contribution is -2.27. The molecular weight excluding hydrogens is 212 g/mol. The van der Waals surface area contributed by atoms with Gasteiger partial charge in [-0.05, 0) is 44.4 Å². The lowest BCUT2D eigenvalue weighted by molar-refractivity contribution is 0.142. The Morgan fingerprint density at radius 3 is 2.60 bits per heavy atom. The van der Waals surface area contributed by atoms with Gasteiger partial charge in [0, 0.05) is 0 Å². The Balaban J connectivity index is 1.98. The molecule has 4 heteroatoms. The zero-order valence-corrected chi connectivity index (χ0v) is 10.0. The van der Waals surface area contributed by atoms with Gasteiger partial charge in [-0.1, -0.05) is 12.2 Å². The molecule has 0 aromatic carbocycles. The standard InChI is InChI=1S/C11H18O3S/c1-3-15(12,13)14-8(2)11-7-9-4-5-10(11)6-9/h4-5,8-11H,3,6-7H2,1-2H3. The van der Waals surface area contributed by atoms with Crippen molar-refractivity contribution >= 4 is 10.1 Å². The largest absolute Gasteiger partial charge is 0.267 e. The molecule has 0 spiro atoms. The molecule has 1 saturated carbocycles. The van der Waals surface area contributed by atoms with Crippen molar-refractivity contribution in [2.24, 2.45) is 17.8 Å². The quantitative estimate of drug-likeness (QED) is 0.547. The maximum atomic E-state index is 11.3. The minimum Gasteiger partial charge on any atom is -0.267 e. The monoisotopic (exact) mass is 230 g/mol. The molecule has 2 bridgehead atoms. The molecular formula is C11H18O3S. The summed E-state index contributed by atoms with van der Waals surface area (Å²) in [6, 6.07) is 0. The van der Waals surface area contributed by atoms with Crippen LogP contribution in [0.25, 0.3) is 0 Å². The predicted molar refractivity (Wildman–Crippen MR) is 58.9 cm³/mol. The van der Waals surface area contributed by atoms with Crippen LogP contribution in [-0.2, 0) is 14.3 Å². The van der Waals surface area contributed by atoms with Crippen LogP contribution in [0.2, 0.25) is 0 Å². The Kier molecular flexibility index (Phi) is 2.90. The van der Waals surface area contributed by atoms with Gasteiger partial charge in [0.25, 0.3) is 10.1 Å². The first kappa shape index (κ1) is 11.1. The lowest BCUT2D eigenvalue weighted by atomic mass is 9.89. The van der Waals surface area contributed by atoms with Crippen molar-refractivity contribution in [3.63, 3.8) is 0 Å². The zero-order chi connectivity index (χ0) is 11.1. The van der Waals surface area contributed by atoms with E-state index in [0.29, 0.717) is 17.8 Å². The van der Waals surface area contributed by atoms with Crippen molar-refractivity contribution in [2.75, 3.05) is 5.75 Å². The van der Waals surface area contributed by atoms with Crippen molar-refractivity contribution < 1.29 is 12.6 Å². The molecule has 0 aliphatic heterocycles. The van der Waals surface area contributed by atoms with Gasteiger partial charge in [0.15, 0.2) is 0 Å². The first-order chi connectivity index (χ1) is 7.02. The van der Waals surface area contributed by atoms with Gasteiger partial charge >= 0.3 is 0 Å². The lowest BCUT2D eigenvalue weighted by Gasteiger charge is -2.24. The van der Waals surface area contributed by atoms with E-state index < -0.39 is 10.1 Å². The van der Waals surface area contributed by atoms with E-state index >= 15 is 0 Å². The van der Waals surface area contributed by atoms with E-state index in [2.05, 4.69) is 12.2 Å². The van der Waals surface area contributed by atoms with Gasteiger partial charge in [-0.3, -0.25) is 4.18 Å². The van der Waals surface area contributed by atoms with E-state index in [9.17, 15) is 8.42 Å². The molecule has 4 unspecified atom stereocenters. The fraction of sp³-hybridized carbons (Fsp3) is 0.818. The topological polar surface area (TPSA) is 43.4 Å². The van der Waals surface area contributed by atoms with Crippen LogP contribution in [-0.4, -0.2) is 20.3 Å². The first-order valence-electron chi connectivity index (χ1n) is 5.61. The van der Waals surface area contributed by atoms with Crippen molar-refractivity contribution in [3.8, 4) is 0 Å². The van der Waals surface area contributed by atoms with Crippen LogP contribution >= 0.6 is 0 Å². The summed E-state index contributed by atoms with van der Waals surface area (Å²) >= 11 is 0. The Bertz CT molecular complexity index is 358. The molecule has 0 saturated heterocycles. The Labute approximate surface area is 91.6 Å². The van der Waals surface area contributed by atoms with Gasteiger partial charge in [-0.15, -0.1) is 0 Å². The molecule has 2 aliphatic carbocycles. The summed E-state index contributed by atoms with van der Waals surface area (Å²) in [6.07, 6.45) is 6.57. The molecule has 0 radical (unpaired) electrons. The van der Waals surface area contributed by atoms with Gasteiger partial charge in [0.05, 0.1) is 11.9 Å². The van der Waals surface area contributed by atoms with Crippen LogP contribution in [0.5, 0.6) is 0 Å². The maximum absolute atomic E-state index is 11.3. The average Bonchev–Trinajstić information content (AvgIpc) is 2.78. The molecule has 0 amide bonds. The summed E-state index contributed by atoms with van der Waals surface area (Å²) in [5, 5.41) is 0. The molecule has 0 aromatic rings. The SMILES string of the molecule is CCS(=O)(=O)OC(C)C1CC2C=CC1C2. The second kappa shape index (κ2) is 3.91. The highest BCUT2D eigenvalue weighted by molar-refractivity contribution is 7.86. The molecule has 15 heavy (non-hydrogen) atoms. The molecule has 1 fully saturated rings. The molecule has 0 heterocycles. The van der Waals surface area contributed by atoms with Crippen LogP contribution in [0.1, 0.15) is 26.7 Å². The van der Waals surface area contributed by atoms with Crippen molar-refractivity contribution in [3.05, 3.63) is 12.2 Å². The summed E-state index contributed by atoms with van der Waals surface area (Å²) in [4.78, 5) is 0. The van der Waals surface area contributed by atoms with Gasteiger partial charge in [-0.2, -0.15) is 8.42 Å². The predicted octanol–water partition coefficient (Wildman–Crippen LogP) is 1.95. The maximum Gasteiger partial charge on any atom is 0.267 e. The fourth-order valence-electron chi connectivity index (χ4n) is 2.73. The molecule has 3 nitrogen and oxygen atoms in total. The van der Waals surface area contributed by atoms with Gasteiger partial charge < -0.3 is 0 Å². The van der Waals surface area contributed by atoms with E-state index in [0.717, 1.165) is 6.42 Å². The number of hydrogen-bond acceptors (Lipinski definition) is 3. The highest BCUT2D eigenvalue weighted by Gasteiger charge is 2.40. The van der Waals surface area contributed by atoms with Crippen LogP contribution in [0.4, 0.5) is 0 Å². The Morgan fingerprint density at radius 1 is 1.40 bits per heavy atom. The molecule has 4 atom stereocenters. The molecule has 0 N–H and O–H groups in total. The second-order valence-electron chi connectivity index (χ2n) is 4.59. The summed E-state index contributed by atoms with van der Waals surface area (Å²) in [5.41, 5.74) is 0. The number of allylic oxidation sites excluding steroid dienone is 2. The highest BCUT2D eigenvalue weighted by atomic mass is 32.2. The third-order valence-corrected chi connectivity index (χ3v) is 4.89. The number of hydrogen-bond donors (Lipinski definition) is 0. The van der Waals surface area contributed by atoms with E-state index in [1.54, 1.807) is 6.92 Å². The molecule has 0 aromatic heterocycles. The van der Waals surface area contributed by atoms with Crippen LogP contribution in [0.15, 0.2) is 12.2 Å². The number of fused-ring (bicyclic) bond motifs is 2. The van der Waals surface area contributed by atoms with E-state index in [4.69, 9.17) is 4.18 Å². The average molecular weight is 230 g/mol. The first-order valence-corrected chi connectivity index (χ1v) is 7.19.